The first kappa shape index (κ1) is 36.0. The second kappa shape index (κ2) is 24.0. The molecule has 0 heterocycles. The number of hydrogen-bond acceptors (Lipinski definition) is 9. The van der Waals surface area contributed by atoms with E-state index < -0.39 is 58.4 Å². The maximum atomic E-state index is 12.1. The van der Waals surface area contributed by atoms with Crippen LogP contribution in [0.15, 0.2) is 0 Å². The molecule has 3 N–H and O–H groups in total. The van der Waals surface area contributed by atoms with Crippen molar-refractivity contribution in [1.29, 1.82) is 0 Å². The molecule has 0 aromatic rings. The molecule has 0 aliphatic rings. The van der Waals surface area contributed by atoms with Gasteiger partial charge in [-0.1, -0.05) is 90.9 Å². The normalized spacial score (nSPS) is 14.6. The smallest absolute Gasteiger partial charge is 0.457 e. The van der Waals surface area contributed by atoms with E-state index in [1.54, 1.807) is 0 Å². The fourth-order valence-electron chi connectivity index (χ4n) is 3.56. The molecule has 3 atom stereocenters. The van der Waals surface area contributed by atoms with Crippen molar-refractivity contribution in [3.8, 4) is 0 Å². The maximum absolute atomic E-state index is 12.1. The van der Waals surface area contributed by atoms with E-state index in [0.29, 0.717) is 12.8 Å². The van der Waals surface area contributed by atoms with Gasteiger partial charge in [-0.05, 0) is 12.8 Å². The second-order valence-corrected chi connectivity index (χ2v) is 10.8. The lowest BCUT2D eigenvalue weighted by Crippen LogP contribution is -2.28. The predicted molar refractivity (Wildman–Crippen MR) is 141 cm³/mol. The Morgan fingerprint density at radius 3 is 1.35 bits per heavy atom. The van der Waals surface area contributed by atoms with E-state index in [-0.39, 0.29) is 12.8 Å². The number of ether oxygens (including phenoxy) is 2. The summed E-state index contributed by atoms with van der Waals surface area (Å²) in [7, 11) is -4.59. The fraction of sp³-hybridized carbons (Fsp3) is 0.923. The van der Waals surface area contributed by atoms with Gasteiger partial charge in [-0.25, -0.2) is 4.57 Å². The first-order chi connectivity index (χ1) is 17.8. The molecule has 3 unspecified atom stereocenters. The largest absolute Gasteiger partial charge is 0.472 e. The Hall–Kier alpha value is -1.03. The van der Waals surface area contributed by atoms with Crippen molar-refractivity contribution in [3.05, 3.63) is 0 Å². The first-order valence-electron chi connectivity index (χ1n) is 14.0. The van der Waals surface area contributed by atoms with Crippen LogP contribution < -0.4 is 0 Å². The summed E-state index contributed by atoms with van der Waals surface area (Å²) in [6.45, 7) is 1.86. The van der Waals surface area contributed by atoms with Crippen LogP contribution in [0.1, 0.15) is 117 Å². The van der Waals surface area contributed by atoms with E-state index in [4.69, 9.17) is 18.5 Å². The van der Waals surface area contributed by atoms with Crippen LogP contribution in [0.4, 0.5) is 0 Å². The van der Waals surface area contributed by atoms with Crippen molar-refractivity contribution in [3.63, 3.8) is 0 Å². The zero-order chi connectivity index (χ0) is 27.8. The monoisotopic (exact) mass is 554 g/mol. The highest BCUT2D eigenvalue weighted by Gasteiger charge is 2.27. The maximum Gasteiger partial charge on any atom is 0.472 e. The molecule has 11 heteroatoms. The highest BCUT2D eigenvalue weighted by molar-refractivity contribution is 7.47. The molecule has 0 fully saturated rings. The summed E-state index contributed by atoms with van der Waals surface area (Å²) in [5.74, 6) is -1.05. The van der Waals surface area contributed by atoms with Gasteiger partial charge in [0.1, 0.15) is 12.2 Å². The van der Waals surface area contributed by atoms with Crippen LogP contribution in [0.5, 0.6) is 0 Å². The van der Waals surface area contributed by atoms with Gasteiger partial charge in [0.2, 0.25) is 0 Å². The third-order valence-corrected chi connectivity index (χ3v) is 6.77. The number of carbonyl (C=O) groups excluding carboxylic acids is 2. The van der Waals surface area contributed by atoms with Crippen LogP contribution in [-0.2, 0) is 32.7 Å². The van der Waals surface area contributed by atoms with Crippen LogP contribution in [0.25, 0.3) is 0 Å². The van der Waals surface area contributed by atoms with Crippen LogP contribution >= 0.6 is 7.82 Å². The number of unbranched alkanes of at least 4 members (excludes halogenated alkanes) is 12. The lowest BCUT2D eigenvalue weighted by Gasteiger charge is -2.20. The molecule has 0 amide bonds. The Morgan fingerprint density at radius 2 is 0.973 bits per heavy atom. The Labute approximate surface area is 223 Å². The average Bonchev–Trinajstić information content (AvgIpc) is 2.88. The molecule has 0 rings (SSSR count). The van der Waals surface area contributed by atoms with Crippen molar-refractivity contribution in [2.75, 3.05) is 26.4 Å². The van der Waals surface area contributed by atoms with Crippen LogP contribution in [0, 0.1) is 0 Å². The Balaban J connectivity index is 4.00. The van der Waals surface area contributed by atoms with Gasteiger partial charge in [0.25, 0.3) is 0 Å². The molecular weight excluding hydrogens is 503 g/mol. The van der Waals surface area contributed by atoms with Gasteiger partial charge in [0.05, 0.1) is 26.4 Å². The molecule has 0 saturated heterocycles. The van der Waals surface area contributed by atoms with Crippen molar-refractivity contribution >= 4 is 19.8 Å². The van der Waals surface area contributed by atoms with Gasteiger partial charge >= 0.3 is 19.8 Å². The molecule has 0 aromatic heterocycles. The van der Waals surface area contributed by atoms with Crippen LogP contribution in [-0.4, -0.2) is 65.7 Å². The molecule has 0 bridgehead atoms. The number of hydrogen-bond donors (Lipinski definition) is 3. The molecule has 220 valence electrons. The van der Waals surface area contributed by atoms with Crippen LogP contribution in [0.3, 0.4) is 0 Å². The van der Waals surface area contributed by atoms with Gasteiger partial charge in [-0.3, -0.25) is 18.6 Å². The SMILES string of the molecule is CCCCCCCCCCCCCCC(=O)OC(CO)COP(=O)(O)OCC(CO)OC(=O)CCCC. The quantitative estimate of drug-likeness (QED) is 0.0739. The summed E-state index contributed by atoms with van der Waals surface area (Å²) < 4.78 is 31.7. The van der Waals surface area contributed by atoms with Crippen molar-refractivity contribution in [2.24, 2.45) is 0 Å². The molecule has 10 nitrogen and oxygen atoms in total. The molecule has 0 aliphatic heterocycles. The summed E-state index contributed by atoms with van der Waals surface area (Å²) in [4.78, 5) is 33.5. The average molecular weight is 555 g/mol. The van der Waals surface area contributed by atoms with Gasteiger partial charge < -0.3 is 24.6 Å². The molecule has 0 aromatic carbocycles. The molecule has 37 heavy (non-hydrogen) atoms. The predicted octanol–water partition coefficient (Wildman–Crippen LogP) is 5.21. The van der Waals surface area contributed by atoms with E-state index in [2.05, 4.69) is 6.92 Å². The zero-order valence-corrected chi connectivity index (χ0v) is 23.8. The summed E-state index contributed by atoms with van der Waals surface area (Å²) in [6.07, 6.45) is 13.7. The zero-order valence-electron chi connectivity index (χ0n) is 22.9. The van der Waals surface area contributed by atoms with Crippen molar-refractivity contribution in [1.82, 2.24) is 0 Å². The molecule has 0 aliphatic carbocycles. The third kappa shape index (κ3) is 22.6. The summed E-state index contributed by atoms with van der Waals surface area (Å²) in [5, 5.41) is 18.7. The Kier molecular flexibility index (Phi) is 23.4. The number of carbonyl (C=O) groups is 2. The number of rotatable bonds is 26. The minimum Gasteiger partial charge on any atom is -0.457 e. The van der Waals surface area contributed by atoms with Gasteiger partial charge in [0, 0.05) is 12.8 Å². The molecule has 0 saturated carbocycles. The van der Waals surface area contributed by atoms with Crippen molar-refractivity contribution in [2.45, 2.75) is 129 Å². The van der Waals surface area contributed by atoms with E-state index in [9.17, 15) is 29.3 Å². The standard InChI is InChI=1S/C26H51O10P/c1-3-5-7-8-9-10-11-12-13-14-15-16-18-26(30)36-24(20-28)22-34-37(31,32)33-21-23(19-27)35-25(29)17-6-4-2/h23-24,27-28H,3-22H2,1-2H3,(H,31,32). The fourth-order valence-corrected chi connectivity index (χ4v) is 4.34. The van der Waals surface area contributed by atoms with E-state index in [0.717, 1.165) is 25.7 Å². The highest BCUT2D eigenvalue weighted by Crippen LogP contribution is 2.43. The van der Waals surface area contributed by atoms with Gasteiger partial charge in [-0.2, -0.15) is 0 Å². The lowest BCUT2D eigenvalue weighted by atomic mass is 10.0. The topological polar surface area (TPSA) is 149 Å². The molecule has 0 radical (unpaired) electrons. The van der Waals surface area contributed by atoms with E-state index >= 15 is 0 Å². The van der Waals surface area contributed by atoms with Gasteiger partial charge in [-0.15, -0.1) is 0 Å². The van der Waals surface area contributed by atoms with Crippen molar-refractivity contribution < 1.29 is 47.8 Å². The Bertz CT molecular complexity index is 616. The minimum atomic E-state index is -4.59. The number of aliphatic hydroxyl groups excluding tert-OH is 2. The Morgan fingerprint density at radius 1 is 0.622 bits per heavy atom. The summed E-state index contributed by atoms with van der Waals surface area (Å²) in [5.41, 5.74) is 0. The second-order valence-electron chi connectivity index (χ2n) is 9.39. The molecular formula is C26H51O10P. The highest BCUT2D eigenvalue weighted by atomic mass is 31.2. The van der Waals surface area contributed by atoms with E-state index in [1.807, 2.05) is 6.92 Å². The third-order valence-electron chi connectivity index (χ3n) is 5.82. The lowest BCUT2D eigenvalue weighted by molar-refractivity contribution is -0.153. The minimum absolute atomic E-state index is 0.170. The van der Waals surface area contributed by atoms with Crippen LogP contribution in [0.2, 0.25) is 0 Å². The number of aliphatic hydroxyl groups is 2. The summed E-state index contributed by atoms with van der Waals surface area (Å²) >= 11 is 0. The number of phosphoric ester groups is 1. The number of esters is 2. The number of phosphoric acid groups is 1. The van der Waals surface area contributed by atoms with E-state index in [1.165, 1.54) is 51.4 Å². The van der Waals surface area contributed by atoms with Gasteiger partial charge in [0.15, 0.2) is 0 Å². The summed E-state index contributed by atoms with van der Waals surface area (Å²) in [6, 6.07) is 0. The molecule has 0 spiro atoms. The first-order valence-corrected chi connectivity index (χ1v) is 15.5.